The lowest BCUT2D eigenvalue weighted by molar-refractivity contribution is 0.0696. The van der Waals surface area contributed by atoms with E-state index in [-0.39, 0.29) is 16.3 Å². The lowest BCUT2D eigenvalue weighted by Gasteiger charge is -2.10. The summed E-state index contributed by atoms with van der Waals surface area (Å²) < 4.78 is 26.9. The number of benzene rings is 1. The number of nitrogens with zero attached hydrogens (tertiary/aromatic N) is 1. The van der Waals surface area contributed by atoms with Gasteiger partial charge in [0.15, 0.2) is 0 Å². The Balaban J connectivity index is 2.46. The van der Waals surface area contributed by atoms with Gasteiger partial charge in [0.2, 0.25) is 0 Å². The van der Waals surface area contributed by atoms with Crippen LogP contribution in [0.5, 0.6) is 0 Å². The number of carboxylic acids is 1. The van der Waals surface area contributed by atoms with Crippen molar-refractivity contribution < 1.29 is 18.3 Å². The molecule has 0 spiro atoms. The van der Waals surface area contributed by atoms with Crippen LogP contribution in [0.4, 0.5) is 5.82 Å². The molecule has 1 aromatic carbocycles. The van der Waals surface area contributed by atoms with Crippen molar-refractivity contribution in [3.8, 4) is 0 Å². The molecule has 2 aromatic rings. The SMILES string of the molecule is Cc1ccc(C(=O)O)cc1S(=O)(=O)Nc1[nH]ncc1C. The number of aromatic carboxylic acids is 1. The van der Waals surface area contributed by atoms with Gasteiger partial charge in [-0.2, -0.15) is 5.10 Å². The highest BCUT2D eigenvalue weighted by Crippen LogP contribution is 2.21. The van der Waals surface area contributed by atoms with Crippen LogP contribution >= 0.6 is 0 Å². The van der Waals surface area contributed by atoms with Crippen molar-refractivity contribution in [3.05, 3.63) is 41.1 Å². The molecule has 0 aliphatic heterocycles. The maximum atomic E-state index is 12.3. The molecule has 0 aliphatic carbocycles. The van der Waals surface area contributed by atoms with Crippen molar-refractivity contribution in [1.82, 2.24) is 10.2 Å². The van der Waals surface area contributed by atoms with E-state index < -0.39 is 16.0 Å². The van der Waals surface area contributed by atoms with Crippen molar-refractivity contribution in [2.24, 2.45) is 0 Å². The van der Waals surface area contributed by atoms with Crippen LogP contribution in [0.25, 0.3) is 0 Å². The zero-order valence-corrected chi connectivity index (χ0v) is 11.7. The first-order chi connectivity index (χ1) is 9.31. The van der Waals surface area contributed by atoms with E-state index in [0.717, 1.165) is 6.07 Å². The lowest BCUT2D eigenvalue weighted by atomic mass is 10.1. The van der Waals surface area contributed by atoms with Crippen LogP contribution in [0, 0.1) is 13.8 Å². The van der Waals surface area contributed by atoms with Gasteiger partial charge >= 0.3 is 5.97 Å². The molecule has 0 unspecified atom stereocenters. The summed E-state index contributed by atoms with van der Waals surface area (Å²) in [4.78, 5) is 10.9. The lowest BCUT2D eigenvalue weighted by Crippen LogP contribution is -2.16. The summed E-state index contributed by atoms with van der Waals surface area (Å²) in [6.45, 7) is 3.29. The van der Waals surface area contributed by atoms with Gasteiger partial charge in [0.05, 0.1) is 16.7 Å². The molecular weight excluding hydrogens is 282 g/mol. The molecule has 106 valence electrons. The van der Waals surface area contributed by atoms with E-state index in [1.807, 2.05) is 0 Å². The van der Waals surface area contributed by atoms with Gasteiger partial charge in [-0.25, -0.2) is 13.2 Å². The summed E-state index contributed by atoms with van der Waals surface area (Å²) in [6, 6.07) is 3.95. The number of hydrogen-bond acceptors (Lipinski definition) is 4. The van der Waals surface area contributed by atoms with Crippen molar-refractivity contribution in [1.29, 1.82) is 0 Å². The van der Waals surface area contributed by atoms with E-state index in [1.54, 1.807) is 13.8 Å². The van der Waals surface area contributed by atoms with E-state index in [2.05, 4.69) is 14.9 Å². The highest BCUT2D eigenvalue weighted by molar-refractivity contribution is 7.92. The molecule has 0 fully saturated rings. The predicted molar refractivity (Wildman–Crippen MR) is 72.3 cm³/mol. The third-order valence-electron chi connectivity index (χ3n) is 2.79. The number of carbonyl (C=O) groups is 1. The van der Waals surface area contributed by atoms with Crippen LogP contribution in [0.3, 0.4) is 0 Å². The number of aryl methyl sites for hydroxylation is 2. The molecule has 0 aliphatic rings. The fraction of sp³-hybridized carbons (Fsp3) is 0.167. The fourth-order valence-corrected chi connectivity index (χ4v) is 3.02. The van der Waals surface area contributed by atoms with E-state index in [1.165, 1.54) is 18.3 Å². The van der Waals surface area contributed by atoms with Crippen LogP contribution in [0.2, 0.25) is 0 Å². The summed E-state index contributed by atoms with van der Waals surface area (Å²) in [6.07, 6.45) is 1.48. The molecule has 8 heteroatoms. The van der Waals surface area contributed by atoms with Gasteiger partial charge in [-0.3, -0.25) is 9.82 Å². The van der Waals surface area contributed by atoms with E-state index in [9.17, 15) is 13.2 Å². The van der Waals surface area contributed by atoms with Gasteiger partial charge in [-0.15, -0.1) is 0 Å². The minimum absolute atomic E-state index is 0.0774. The molecule has 20 heavy (non-hydrogen) atoms. The van der Waals surface area contributed by atoms with Gasteiger partial charge in [0.25, 0.3) is 10.0 Å². The minimum atomic E-state index is -3.88. The number of rotatable bonds is 4. The number of anilines is 1. The largest absolute Gasteiger partial charge is 0.478 e. The van der Waals surface area contributed by atoms with Crippen molar-refractivity contribution >= 4 is 21.8 Å². The molecule has 0 amide bonds. The Hall–Kier alpha value is -2.35. The standard InChI is InChI=1S/C12H13N3O4S/c1-7-3-4-9(12(16)17)5-10(7)20(18,19)15-11-8(2)6-13-14-11/h3-6H,1-2H3,(H,16,17)(H2,13,14,15). The summed E-state index contributed by atoms with van der Waals surface area (Å²) >= 11 is 0. The second kappa shape index (κ2) is 4.97. The van der Waals surface area contributed by atoms with Gasteiger partial charge in [-0.1, -0.05) is 6.07 Å². The topological polar surface area (TPSA) is 112 Å². The summed E-state index contributed by atoms with van der Waals surface area (Å²) in [5.41, 5.74) is 1.01. The van der Waals surface area contributed by atoms with Crippen molar-refractivity contribution in [2.75, 3.05) is 4.72 Å². The van der Waals surface area contributed by atoms with Crippen LogP contribution in [-0.4, -0.2) is 29.7 Å². The number of hydrogen-bond donors (Lipinski definition) is 3. The second-order valence-corrected chi connectivity index (χ2v) is 5.97. The molecule has 0 saturated heterocycles. The minimum Gasteiger partial charge on any atom is -0.478 e. The zero-order chi connectivity index (χ0) is 14.9. The van der Waals surface area contributed by atoms with E-state index >= 15 is 0 Å². The Morgan fingerprint density at radius 3 is 2.55 bits per heavy atom. The smallest absolute Gasteiger partial charge is 0.335 e. The first-order valence-electron chi connectivity index (χ1n) is 5.68. The Morgan fingerprint density at radius 1 is 1.30 bits per heavy atom. The Morgan fingerprint density at radius 2 is 2.00 bits per heavy atom. The Labute approximate surface area is 115 Å². The van der Waals surface area contributed by atoms with Crippen LogP contribution in [0.15, 0.2) is 29.3 Å². The van der Waals surface area contributed by atoms with Crippen LogP contribution < -0.4 is 4.72 Å². The number of H-pyrrole nitrogens is 1. The maximum absolute atomic E-state index is 12.3. The normalized spacial score (nSPS) is 11.3. The summed E-state index contributed by atoms with van der Waals surface area (Å²) in [7, 11) is -3.88. The van der Waals surface area contributed by atoms with Crippen molar-refractivity contribution in [2.45, 2.75) is 18.7 Å². The van der Waals surface area contributed by atoms with E-state index in [0.29, 0.717) is 11.1 Å². The summed E-state index contributed by atoms with van der Waals surface area (Å²) in [5.74, 6) is -0.927. The van der Waals surface area contributed by atoms with Gasteiger partial charge in [0.1, 0.15) is 5.82 Å². The number of carboxylic acid groups (broad SMARTS) is 1. The van der Waals surface area contributed by atoms with Crippen molar-refractivity contribution in [3.63, 3.8) is 0 Å². The number of aromatic amines is 1. The molecule has 7 nitrogen and oxygen atoms in total. The number of aromatic nitrogens is 2. The molecular formula is C12H13N3O4S. The average molecular weight is 295 g/mol. The average Bonchev–Trinajstić information content (AvgIpc) is 2.74. The van der Waals surface area contributed by atoms with Gasteiger partial charge < -0.3 is 5.11 Å². The predicted octanol–water partition coefficient (Wildman–Crippen LogP) is 1.53. The van der Waals surface area contributed by atoms with Crippen LogP contribution in [0.1, 0.15) is 21.5 Å². The van der Waals surface area contributed by atoms with Crippen LogP contribution in [-0.2, 0) is 10.0 Å². The third-order valence-corrected chi connectivity index (χ3v) is 4.28. The monoisotopic (exact) mass is 295 g/mol. The fourth-order valence-electron chi connectivity index (χ4n) is 1.66. The molecule has 2 rings (SSSR count). The molecule has 1 heterocycles. The zero-order valence-electron chi connectivity index (χ0n) is 10.8. The van der Waals surface area contributed by atoms with Gasteiger partial charge in [0, 0.05) is 5.56 Å². The maximum Gasteiger partial charge on any atom is 0.335 e. The Kier molecular flexibility index (Phi) is 3.49. The second-order valence-electron chi connectivity index (χ2n) is 4.32. The molecule has 0 radical (unpaired) electrons. The number of nitrogens with one attached hydrogen (secondary N) is 2. The summed E-state index contributed by atoms with van der Waals surface area (Å²) in [5, 5.41) is 15.2. The highest BCUT2D eigenvalue weighted by Gasteiger charge is 2.20. The quantitative estimate of drug-likeness (QED) is 0.791. The third kappa shape index (κ3) is 2.64. The van der Waals surface area contributed by atoms with Gasteiger partial charge in [-0.05, 0) is 31.5 Å². The highest BCUT2D eigenvalue weighted by atomic mass is 32.2. The first kappa shape index (κ1) is 14.1. The molecule has 1 aromatic heterocycles. The first-order valence-corrected chi connectivity index (χ1v) is 7.16. The Bertz CT molecular complexity index is 765. The number of sulfonamides is 1. The molecule has 0 bridgehead atoms. The van der Waals surface area contributed by atoms with E-state index in [4.69, 9.17) is 5.11 Å². The molecule has 0 atom stereocenters. The molecule has 0 saturated carbocycles. The molecule has 3 N–H and O–H groups in total.